The number of hydrogen-bond acceptors (Lipinski definition) is 5. The predicted octanol–water partition coefficient (Wildman–Crippen LogP) is 11.2. The third-order valence-electron chi connectivity index (χ3n) is 11.7. The van der Waals surface area contributed by atoms with Crippen LogP contribution in [0.2, 0.25) is 0 Å². The summed E-state index contributed by atoms with van der Waals surface area (Å²) < 4.78 is 4.66. The molecule has 0 bridgehead atoms. The lowest BCUT2D eigenvalue weighted by molar-refractivity contribution is 0.712. The largest absolute Gasteiger partial charge is 0.309 e. The Morgan fingerprint density at radius 2 is 1.11 bits per heavy atom. The molecule has 0 saturated carbocycles. The fraction of sp³-hybridized carbons (Fsp3) is 0.0204. The Kier molecular flexibility index (Phi) is 6.24. The lowest BCUT2D eigenvalue weighted by atomic mass is 9.67. The molecule has 7 heteroatoms. The molecule has 258 valence electrons. The molecule has 2 aliphatic rings. The van der Waals surface area contributed by atoms with Crippen molar-refractivity contribution in [3.05, 3.63) is 191 Å². The van der Waals surface area contributed by atoms with Crippen LogP contribution in [0.15, 0.2) is 168 Å². The minimum absolute atomic E-state index is 0.573. The summed E-state index contributed by atoms with van der Waals surface area (Å²) >= 11 is 1.79. The molecule has 1 aliphatic carbocycles. The monoisotopic (exact) mass is 730 g/mol. The van der Waals surface area contributed by atoms with E-state index >= 15 is 0 Å². The fourth-order valence-electron chi connectivity index (χ4n) is 9.56. The average molecular weight is 731 g/mol. The van der Waals surface area contributed by atoms with Gasteiger partial charge in [-0.15, -0.1) is 0 Å². The van der Waals surface area contributed by atoms with Crippen LogP contribution in [0.1, 0.15) is 33.4 Å². The molecule has 12 rings (SSSR count). The number of pyridine rings is 2. The predicted molar refractivity (Wildman–Crippen MR) is 222 cm³/mol. The summed E-state index contributed by atoms with van der Waals surface area (Å²) in [6.45, 7) is 0. The Morgan fingerprint density at radius 3 is 1.82 bits per heavy atom. The molecule has 4 aromatic heterocycles. The molecule has 1 aliphatic heterocycles. The fourth-order valence-corrected chi connectivity index (χ4v) is 10.8. The number of nitrogens with zero attached hydrogens (tertiary/aromatic N) is 6. The van der Waals surface area contributed by atoms with Gasteiger partial charge in [0.25, 0.3) is 0 Å². The van der Waals surface area contributed by atoms with Crippen LogP contribution in [-0.2, 0) is 5.41 Å². The molecular weight excluding hydrogens is 705 g/mol. The molecule has 6 nitrogen and oxygen atoms in total. The van der Waals surface area contributed by atoms with Gasteiger partial charge in [-0.05, 0) is 90.0 Å². The average Bonchev–Trinajstić information content (AvgIpc) is 3.87. The highest BCUT2D eigenvalue weighted by Crippen LogP contribution is 2.63. The number of nitriles is 2. The van der Waals surface area contributed by atoms with Crippen LogP contribution < -0.4 is 0 Å². The van der Waals surface area contributed by atoms with Crippen molar-refractivity contribution in [2.75, 3.05) is 0 Å². The van der Waals surface area contributed by atoms with Crippen molar-refractivity contribution in [1.82, 2.24) is 19.1 Å². The number of fused-ring (bicyclic) bond motifs is 15. The second-order valence-corrected chi connectivity index (χ2v) is 15.5. The molecule has 10 aromatic rings. The van der Waals surface area contributed by atoms with E-state index < -0.39 is 5.41 Å². The second-order valence-electron chi connectivity index (χ2n) is 14.4. The van der Waals surface area contributed by atoms with Crippen LogP contribution >= 0.6 is 11.8 Å². The van der Waals surface area contributed by atoms with E-state index in [1.165, 1.54) is 21.2 Å². The van der Waals surface area contributed by atoms with Gasteiger partial charge in [0.2, 0.25) is 0 Å². The van der Waals surface area contributed by atoms with Crippen molar-refractivity contribution in [2.24, 2.45) is 0 Å². The summed E-state index contributed by atoms with van der Waals surface area (Å²) in [5, 5.41) is 24.1. The normalized spacial score (nSPS) is 15.1. The summed E-state index contributed by atoms with van der Waals surface area (Å²) in [6.07, 6.45) is 3.87. The molecule has 6 aromatic carbocycles. The van der Waals surface area contributed by atoms with Gasteiger partial charge in [-0.2, -0.15) is 10.5 Å². The van der Waals surface area contributed by atoms with Gasteiger partial charge in [0.1, 0.15) is 0 Å². The highest BCUT2D eigenvalue weighted by molar-refractivity contribution is 7.99. The topological polar surface area (TPSA) is 83.2 Å². The van der Waals surface area contributed by atoms with Gasteiger partial charge in [0.05, 0.1) is 79.7 Å². The molecule has 1 spiro atoms. The van der Waals surface area contributed by atoms with Crippen LogP contribution in [0.25, 0.3) is 66.4 Å². The van der Waals surface area contributed by atoms with E-state index in [1.54, 1.807) is 11.8 Å². The zero-order chi connectivity index (χ0) is 37.1. The standard InChI is InChI=1S/C49H26N6S/c50-26-29-18-20-41-34(23-29)35-24-30(27-51)19-21-42(35)55(41)43-15-7-17-45-46(43)49(36-11-3-6-16-44(36)56-45)37-12-8-22-52-47(37)48-38(49)25-31(28-53-48)54-39-13-4-1-9-32(39)33-10-2-5-14-40(33)54/h1-25,28H. The van der Waals surface area contributed by atoms with Crippen LogP contribution in [0, 0.1) is 22.7 Å². The Morgan fingerprint density at radius 1 is 0.500 bits per heavy atom. The third-order valence-corrected chi connectivity index (χ3v) is 12.8. The van der Waals surface area contributed by atoms with Crippen molar-refractivity contribution >= 4 is 55.4 Å². The van der Waals surface area contributed by atoms with Crippen molar-refractivity contribution in [2.45, 2.75) is 15.2 Å². The van der Waals surface area contributed by atoms with Crippen molar-refractivity contribution < 1.29 is 0 Å². The first-order chi connectivity index (χ1) is 27.7. The Bertz CT molecular complexity index is 3330. The van der Waals surface area contributed by atoms with E-state index in [9.17, 15) is 10.5 Å². The number of rotatable bonds is 2. The maximum absolute atomic E-state index is 9.95. The van der Waals surface area contributed by atoms with Gasteiger partial charge in [-0.25, -0.2) is 0 Å². The Balaban J connectivity index is 1.24. The highest BCUT2D eigenvalue weighted by atomic mass is 32.2. The first-order valence-electron chi connectivity index (χ1n) is 18.4. The van der Waals surface area contributed by atoms with Crippen molar-refractivity contribution in [3.8, 4) is 34.9 Å². The van der Waals surface area contributed by atoms with Gasteiger partial charge in [0, 0.05) is 48.7 Å². The van der Waals surface area contributed by atoms with Crippen LogP contribution in [0.3, 0.4) is 0 Å². The van der Waals surface area contributed by atoms with Gasteiger partial charge < -0.3 is 9.13 Å². The molecule has 1 atom stereocenters. The van der Waals surface area contributed by atoms with E-state index in [0.717, 1.165) is 77.2 Å². The molecule has 0 N–H and O–H groups in total. The van der Waals surface area contributed by atoms with E-state index in [2.05, 4.69) is 124 Å². The van der Waals surface area contributed by atoms with Crippen LogP contribution in [-0.4, -0.2) is 19.1 Å². The zero-order valence-electron chi connectivity index (χ0n) is 29.6. The molecule has 0 amide bonds. The maximum atomic E-state index is 9.95. The third kappa shape index (κ3) is 3.89. The van der Waals surface area contributed by atoms with E-state index in [4.69, 9.17) is 9.97 Å². The number of hydrogen-bond donors (Lipinski definition) is 0. The highest BCUT2D eigenvalue weighted by Gasteiger charge is 2.53. The Labute approximate surface area is 325 Å². The summed E-state index contributed by atoms with van der Waals surface area (Å²) in [5.74, 6) is 0. The summed E-state index contributed by atoms with van der Waals surface area (Å²) in [5.41, 5.74) is 12.7. The zero-order valence-corrected chi connectivity index (χ0v) is 30.4. The van der Waals surface area contributed by atoms with Crippen LogP contribution in [0.4, 0.5) is 0 Å². The molecule has 5 heterocycles. The van der Waals surface area contributed by atoms with Gasteiger partial charge >= 0.3 is 0 Å². The minimum atomic E-state index is -0.795. The maximum Gasteiger partial charge on any atom is 0.0991 e. The van der Waals surface area contributed by atoms with Crippen molar-refractivity contribution in [1.29, 1.82) is 10.5 Å². The van der Waals surface area contributed by atoms with Gasteiger partial charge in [-0.3, -0.25) is 9.97 Å². The number of benzene rings is 6. The summed E-state index contributed by atoms with van der Waals surface area (Å²) in [4.78, 5) is 12.7. The molecule has 0 radical (unpaired) electrons. The first kappa shape index (κ1) is 31.0. The minimum Gasteiger partial charge on any atom is -0.309 e. The lowest BCUT2D eigenvalue weighted by Gasteiger charge is -2.40. The van der Waals surface area contributed by atoms with Gasteiger partial charge in [-0.1, -0.05) is 78.5 Å². The lowest BCUT2D eigenvalue weighted by Crippen LogP contribution is -2.33. The number of para-hydroxylation sites is 2. The first-order valence-corrected chi connectivity index (χ1v) is 19.3. The molecule has 1 unspecified atom stereocenters. The van der Waals surface area contributed by atoms with Crippen LogP contribution in [0.5, 0.6) is 0 Å². The van der Waals surface area contributed by atoms with Crippen molar-refractivity contribution in [3.63, 3.8) is 0 Å². The molecule has 56 heavy (non-hydrogen) atoms. The molecular formula is C49H26N6S. The second kappa shape index (κ2) is 11.3. The molecule has 0 fully saturated rings. The Hall–Kier alpha value is -7.45. The van der Waals surface area contributed by atoms with E-state index in [1.807, 2.05) is 54.9 Å². The smallest absolute Gasteiger partial charge is 0.0991 e. The SMILES string of the molecule is N#Cc1ccc2c(c1)c1cc(C#N)ccc1n2-c1cccc2c1C1(c3ccccc3S2)c2cccnc2-c2ncc(-n3c4ccccc4c4ccccc43)cc21. The van der Waals surface area contributed by atoms with Gasteiger partial charge in [0.15, 0.2) is 0 Å². The van der Waals surface area contributed by atoms with E-state index in [-0.39, 0.29) is 0 Å². The molecule has 0 saturated heterocycles. The van der Waals surface area contributed by atoms with E-state index in [0.29, 0.717) is 11.1 Å². The quantitative estimate of drug-likeness (QED) is 0.177. The number of aromatic nitrogens is 4. The summed E-state index contributed by atoms with van der Waals surface area (Å²) in [6, 6.07) is 55.5. The summed E-state index contributed by atoms with van der Waals surface area (Å²) in [7, 11) is 0.